The molecule has 3 rings (SSSR count). The summed E-state index contributed by atoms with van der Waals surface area (Å²) in [5.41, 5.74) is 2.17. The Morgan fingerprint density at radius 2 is 2.09 bits per heavy atom. The van der Waals surface area contributed by atoms with Gasteiger partial charge in [0.2, 0.25) is 0 Å². The van der Waals surface area contributed by atoms with Gasteiger partial charge in [0.1, 0.15) is 11.5 Å². The number of nitrogens with one attached hydrogen (secondary N) is 1. The number of benzene rings is 2. The van der Waals surface area contributed by atoms with E-state index in [0.29, 0.717) is 17.4 Å². The maximum Gasteiger partial charge on any atom is 0.258 e. The molecule has 0 aliphatic carbocycles. The van der Waals surface area contributed by atoms with Crippen LogP contribution in [0.25, 0.3) is 0 Å². The van der Waals surface area contributed by atoms with E-state index >= 15 is 0 Å². The molecule has 0 saturated carbocycles. The summed E-state index contributed by atoms with van der Waals surface area (Å²) in [4.78, 5) is 12.1. The maximum absolute atomic E-state index is 12.1. The van der Waals surface area contributed by atoms with Crippen molar-refractivity contribution in [3.8, 4) is 11.5 Å². The van der Waals surface area contributed by atoms with Crippen LogP contribution < -0.4 is 14.8 Å². The zero-order chi connectivity index (χ0) is 16.2. The number of hydrogen-bond acceptors (Lipinski definition) is 3. The number of rotatable bonds is 4. The number of ether oxygens (including phenoxy) is 2. The Morgan fingerprint density at radius 3 is 2.87 bits per heavy atom. The molecule has 1 heterocycles. The van der Waals surface area contributed by atoms with E-state index in [2.05, 4.69) is 11.4 Å². The molecule has 5 heteroatoms. The average molecular weight is 332 g/mol. The van der Waals surface area contributed by atoms with Gasteiger partial charge in [0.05, 0.1) is 12.6 Å². The Bertz CT molecular complexity index is 700. The highest BCUT2D eigenvalue weighted by molar-refractivity contribution is 6.30. The minimum atomic E-state index is -0.153. The molecular weight excluding hydrogens is 314 g/mol. The van der Waals surface area contributed by atoms with Gasteiger partial charge in [-0.2, -0.15) is 0 Å². The first kappa shape index (κ1) is 15.7. The summed E-state index contributed by atoms with van der Waals surface area (Å²) in [6, 6.07) is 12.9. The molecule has 1 unspecified atom stereocenters. The third-order valence-electron chi connectivity index (χ3n) is 3.72. The molecule has 120 valence electrons. The van der Waals surface area contributed by atoms with Gasteiger partial charge >= 0.3 is 0 Å². The molecular formula is C18H18ClNO3. The number of carbonyl (C=O) groups is 1. The monoisotopic (exact) mass is 331 g/mol. The van der Waals surface area contributed by atoms with Gasteiger partial charge in [-0.25, -0.2) is 0 Å². The van der Waals surface area contributed by atoms with Crippen molar-refractivity contribution in [1.82, 2.24) is 5.32 Å². The van der Waals surface area contributed by atoms with Crippen LogP contribution in [0.1, 0.15) is 23.6 Å². The van der Waals surface area contributed by atoms with E-state index < -0.39 is 0 Å². The van der Waals surface area contributed by atoms with Gasteiger partial charge in [0.15, 0.2) is 6.61 Å². The van der Waals surface area contributed by atoms with Gasteiger partial charge in [-0.3, -0.25) is 4.79 Å². The molecule has 1 aliphatic heterocycles. The Kier molecular flexibility index (Phi) is 4.72. The lowest BCUT2D eigenvalue weighted by atomic mass is 9.98. The van der Waals surface area contributed by atoms with Crippen LogP contribution in [-0.2, 0) is 4.79 Å². The highest BCUT2D eigenvalue weighted by atomic mass is 35.5. The lowest BCUT2D eigenvalue weighted by Crippen LogP contribution is -2.35. The van der Waals surface area contributed by atoms with Crippen LogP contribution in [0.2, 0.25) is 5.02 Å². The first-order valence-corrected chi connectivity index (χ1v) is 7.91. The summed E-state index contributed by atoms with van der Waals surface area (Å²) >= 11 is 5.82. The maximum atomic E-state index is 12.1. The molecule has 2 aromatic carbocycles. The van der Waals surface area contributed by atoms with Crippen molar-refractivity contribution in [1.29, 1.82) is 0 Å². The van der Waals surface area contributed by atoms with Crippen LogP contribution in [0, 0.1) is 6.92 Å². The number of halogens is 1. The van der Waals surface area contributed by atoms with Crippen molar-refractivity contribution in [2.75, 3.05) is 13.2 Å². The van der Waals surface area contributed by atoms with E-state index in [1.54, 1.807) is 24.3 Å². The van der Waals surface area contributed by atoms with Gasteiger partial charge in [0, 0.05) is 17.0 Å². The third kappa shape index (κ3) is 3.96. The fourth-order valence-electron chi connectivity index (χ4n) is 2.58. The highest BCUT2D eigenvalue weighted by Gasteiger charge is 2.23. The molecule has 0 spiro atoms. The predicted molar refractivity (Wildman–Crippen MR) is 89.1 cm³/mol. The Balaban J connectivity index is 1.60. The summed E-state index contributed by atoms with van der Waals surface area (Å²) < 4.78 is 11.1. The van der Waals surface area contributed by atoms with Gasteiger partial charge in [-0.15, -0.1) is 0 Å². The normalized spacial score (nSPS) is 16.2. The number of carbonyl (C=O) groups excluding carboxylic acids is 1. The predicted octanol–water partition coefficient (Wildman–Crippen LogP) is 3.67. The minimum Gasteiger partial charge on any atom is -0.493 e. The zero-order valence-corrected chi connectivity index (χ0v) is 13.6. The molecule has 1 atom stereocenters. The van der Waals surface area contributed by atoms with Crippen LogP contribution >= 0.6 is 11.6 Å². The number of amides is 1. The first-order chi connectivity index (χ1) is 11.1. The van der Waals surface area contributed by atoms with Crippen molar-refractivity contribution >= 4 is 17.5 Å². The van der Waals surface area contributed by atoms with Crippen LogP contribution in [0.4, 0.5) is 0 Å². The van der Waals surface area contributed by atoms with E-state index in [-0.39, 0.29) is 18.6 Å². The van der Waals surface area contributed by atoms with Gasteiger partial charge < -0.3 is 14.8 Å². The summed E-state index contributed by atoms with van der Waals surface area (Å²) in [6.45, 7) is 2.59. The van der Waals surface area contributed by atoms with E-state index in [0.717, 1.165) is 23.3 Å². The second-order valence-electron chi connectivity index (χ2n) is 5.54. The van der Waals surface area contributed by atoms with Crippen molar-refractivity contribution in [3.05, 3.63) is 58.6 Å². The summed E-state index contributed by atoms with van der Waals surface area (Å²) in [5, 5.41) is 3.65. The molecule has 0 aromatic heterocycles. The lowest BCUT2D eigenvalue weighted by molar-refractivity contribution is -0.124. The standard InChI is InChI=1S/C18H18ClNO3/c1-12-2-7-17-15(10-12)16(8-9-22-17)20-18(21)11-23-14-5-3-13(19)4-6-14/h2-7,10,16H,8-9,11H2,1H3,(H,20,21). The quantitative estimate of drug-likeness (QED) is 0.930. The SMILES string of the molecule is Cc1ccc2c(c1)C(NC(=O)COc1ccc(Cl)cc1)CCO2. The van der Waals surface area contributed by atoms with E-state index in [4.69, 9.17) is 21.1 Å². The number of hydrogen-bond donors (Lipinski definition) is 1. The molecule has 0 bridgehead atoms. The first-order valence-electron chi connectivity index (χ1n) is 7.53. The molecule has 0 radical (unpaired) electrons. The van der Waals surface area contributed by atoms with E-state index in [1.807, 2.05) is 19.1 Å². The van der Waals surface area contributed by atoms with Crippen molar-refractivity contribution in [2.24, 2.45) is 0 Å². The molecule has 0 fully saturated rings. The molecule has 1 aliphatic rings. The summed E-state index contributed by atoms with van der Waals surface area (Å²) in [7, 11) is 0. The second kappa shape index (κ2) is 6.92. The Labute approximate surface area is 140 Å². The molecule has 2 aromatic rings. The van der Waals surface area contributed by atoms with Crippen LogP contribution in [0.15, 0.2) is 42.5 Å². The number of fused-ring (bicyclic) bond motifs is 1. The van der Waals surface area contributed by atoms with Crippen molar-refractivity contribution in [3.63, 3.8) is 0 Å². The largest absolute Gasteiger partial charge is 0.493 e. The van der Waals surface area contributed by atoms with Crippen LogP contribution in [-0.4, -0.2) is 19.1 Å². The van der Waals surface area contributed by atoms with Gasteiger partial charge in [-0.1, -0.05) is 29.3 Å². The van der Waals surface area contributed by atoms with E-state index in [9.17, 15) is 4.79 Å². The van der Waals surface area contributed by atoms with Crippen molar-refractivity contribution in [2.45, 2.75) is 19.4 Å². The minimum absolute atomic E-state index is 0.0276. The van der Waals surface area contributed by atoms with Crippen molar-refractivity contribution < 1.29 is 14.3 Å². The topological polar surface area (TPSA) is 47.6 Å². The third-order valence-corrected chi connectivity index (χ3v) is 3.98. The average Bonchev–Trinajstić information content (AvgIpc) is 2.55. The van der Waals surface area contributed by atoms with E-state index in [1.165, 1.54) is 0 Å². The van der Waals surface area contributed by atoms with Crippen LogP contribution in [0.3, 0.4) is 0 Å². The molecule has 23 heavy (non-hydrogen) atoms. The van der Waals surface area contributed by atoms with Gasteiger partial charge in [0.25, 0.3) is 5.91 Å². The smallest absolute Gasteiger partial charge is 0.258 e. The fourth-order valence-corrected chi connectivity index (χ4v) is 2.71. The fraction of sp³-hybridized carbons (Fsp3) is 0.278. The molecule has 4 nitrogen and oxygen atoms in total. The number of aryl methyl sites for hydroxylation is 1. The zero-order valence-electron chi connectivity index (χ0n) is 12.8. The van der Waals surface area contributed by atoms with Gasteiger partial charge in [-0.05, 0) is 37.3 Å². The molecule has 1 amide bonds. The van der Waals surface area contributed by atoms with Crippen LogP contribution in [0.5, 0.6) is 11.5 Å². The Hall–Kier alpha value is -2.20. The lowest BCUT2D eigenvalue weighted by Gasteiger charge is -2.27. The highest BCUT2D eigenvalue weighted by Crippen LogP contribution is 2.32. The summed E-state index contributed by atoms with van der Waals surface area (Å²) in [5.74, 6) is 1.30. The Morgan fingerprint density at radius 1 is 1.30 bits per heavy atom. The summed E-state index contributed by atoms with van der Waals surface area (Å²) in [6.07, 6.45) is 0.753. The molecule has 1 N–H and O–H groups in total. The molecule has 0 saturated heterocycles. The second-order valence-corrected chi connectivity index (χ2v) is 5.98.